The van der Waals surface area contributed by atoms with Crippen molar-refractivity contribution in [3.05, 3.63) is 48.4 Å². The number of carbonyl (C=O) groups is 1. The summed E-state index contributed by atoms with van der Waals surface area (Å²) in [5.74, 6) is 0.353. The van der Waals surface area contributed by atoms with E-state index in [2.05, 4.69) is 17.2 Å². The molecule has 0 unspecified atom stereocenters. The Balaban J connectivity index is 1.64. The number of rotatable bonds is 6. The molecule has 1 atom stereocenters. The van der Waals surface area contributed by atoms with Crippen molar-refractivity contribution < 1.29 is 18.7 Å². The van der Waals surface area contributed by atoms with Gasteiger partial charge in [-0.05, 0) is 55.7 Å². The number of piperidine rings is 1. The first-order chi connectivity index (χ1) is 13.2. The Hall–Kier alpha value is -2.67. The molecule has 1 saturated heterocycles. The molecular formula is C20H24FN3O3. The van der Waals surface area contributed by atoms with Crippen molar-refractivity contribution >= 4 is 11.7 Å². The summed E-state index contributed by atoms with van der Waals surface area (Å²) in [5, 5.41) is 2.86. The molecule has 0 saturated carbocycles. The highest BCUT2D eigenvalue weighted by Crippen LogP contribution is 2.27. The Morgan fingerprint density at radius 3 is 2.93 bits per heavy atom. The highest BCUT2D eigenvalue weighted by molar-refractivity contribution is 5.90. The molecule has 2 heterocycles. The lowest BCUT2D eigenvalue weighted by molar-refractivity contribution is 0.0115. The first kappa shape index (κ1) is 19.1. The van der Waals surface area contributed by atoms with Crippen LogP contribution in [0.5, 0.6) is 11.6 Å². The van der Waals surface area contributed by atoms with Crippen LogP contribution >= 0.6 is 0 Å². The molecule has 1 N–H and O–H groups in total. The van der Waals surface area contributed by atoms with Crippen LogP contribution in [0.3, 0.4) is 0 Å². The van der Waals surface area contributed by atoms with E-state index in [1.54, 1.807) is 23.2 Å². The number of amides is 2. The molecule has 1 aliphatic rings. The molecule has 144 valence electrons. The van der Waals surface area contributed by atoms with Gasteiger partial charge in [0.2, 0.25) is 5.88 Å². The molecule has 0 bridgehead atoms. The van der Waals surface area contributed by atoms with E-state index < -0.39 is 0 Å². The zero-order valence-electron chi connectivity index (χ0n) is 15.4. The van der Waals surface area contributed by atoms with Gasteiger partial charge in [0.25, 0.3) is 0 Å². The smallest absolute Gasteiger partial charge is 0.322 e. The molecule has 1 aromatic heterocycles. The van der Waals surface area contributed by atoms with Crippen LogP contribution < -0.4 is 10.1 Å². The Labute approximate surface area is 158 Å². The van der Waals surface area contributed by atoms with Crippen molar-refractivity contribution in [1.29, 1.82) is 0 Å². The van der Waals surface area contributed by atoms with E-state index in [4.69, 9.17) is 9.47 Å². The summed E-state index contributed by atoms with van der Waals surface area (Å²) in [6.07, 6.45) is 4.49. The molecule has 2 amide bonds. The Morgan fingerprint density at radius 2 is 2.15 bits per heavy atom. The minimum absolute atomic E-state index is 0.0771. The number of ether oxygens (including phenoxy) is 2. The number of urea groups is 1. The van der Waals surface area contributed by atoms with E-state index in [0.717, 1.165) is 19.3 Å². The number of pyridine rings is 1. The largest absolute Gasteiger partial charge is 0.437 e. The van der Waals surface area contributed by atoms with Crippen LogP contribution in [-0.4, -0.2) is 41.7 Å². The predicted octanol–water partition coefficient (Wildman–Crippen LogP) is 4.44. The fraction of sp³-hybridized carbons (Fsp3) is 0.400. The van der Waals surface area contributed by atoms with Crippen LogP contribution in [-0.2, 0) is 4.74 Å². The highest BCUT2D eigenvalue weighted by atomic mass is 19.1. The number of likely N-dealkylation sites (tertiary alicyclic amines) is 1. The summed E-state index contributed by atoms with van der Waals surface area (Å²) < 4.78 is 24.5. The first-order valence-electron chi connectivity index (χ1n) is 9.21. The number of nitrogens with one attached hydrogen (secondary N) is 1. The van der Waals surface area contributed by atoms with Gasteiger partial charge in [0.05, 0.1) is 6.10 Å². The van der Waals surface area contributed by atoms with Gasteiger partial charge in [-0.2, -0.15) is 0 Å². The fourth-order valence-corrected chi connectivity index (χ4v) is 2.92. The van der Waals surface area contributed by atoms with Crippen molar-refractivity contribution in [1.82, 2.24) is 9.88 Å². The zero-order valence-corrected chi connectivity index (χ0v) is 15.4. The average molecular weight is 373 g/mol. The van der Waals surface area contributed by atoms with Crippen molar-refractivity contribution in [3.8, 4) is 11.6 Å². The molecule has 0 spiro atoms. The second-order valence-electron chi connectivity index (χ2n) is 6.42. The maximum Gasteiger partial charge on any atom is 0.322 e. The van der Waals surface area contributed by atoms with Gasteiger partial charge < -0.3 is 19.7 Å². The summed E-state index contributed by atoms with van der Waals surface area (Å²) >= 11 is 0. The van der Waals surface area contributed by atoms with E-state index in [1.807, 2.05) is 0 Å². The summed E-state index contributed by atoms with van der Waals surface area (Å²) in [7, 11) is 0. The lowest BCUT2D eigenvalue weighted by Crippen LogP contribution is -2.45. The second kappa shape index (κ2) is 9.32. The van der Waals surface area contributed by atoms with E-state index >= 15 is 0 Å². The molecule has 6 nitrogen and oxygen atoms in total. The van der Waals surface area contributed by atoms with Crippen molar-refractivity contribution in [2.45, 2.75) is 32.3 Å². The van der Waals surface area contributed by atoms with Gasteiger partial charge in [0, 0.05) is 25.9 Å². The maximum atomic E-state index is 13.0. The van der Waals surface area contributed by atoms with E-state index in [0.29, 0.717) is 31.1 Å². The topological polar surface area (TPSA) is 63.7 Å². The van der Waals surface area contributed by atoms with Crippen LogP contribution in [0.25, 0.3) is 0 Å². The van der Waals surface area contributed by atoms with Crippen molar-refractivity contribution in [3.63, 3.8) is 0 Å². The van der Waals surface area contributed by atoms with E-state index in [1.165, 1.54) is 24.3 Å². The Morgan fingerprint density at radius 1 is 1.33 bits per heavy atom. The van der Waals surface area contributed by atoms with Crippen LogP contribution in [0.1, 0.15) is 26.2 Å². The number of aromatic nitrogens is 1. The normalized spacial score (nSPS) is 16.8. The first-order valence-corrected chi connectivity index (χ1v) is 9.21. The summed E-state index contributed by atoms with van der Waals surface area (Å²) in [4.78, 5) is 18.6. The van der Waals surface area contributed by atoms with Gasteiger partial charge in [-0.1, -0.05) is 6.92 Å². The Kier molecular flexibility index (Phi) is 6.59. The number of benzene rings is 1. The SMILES string of the molecule is CCCO[C@@H]1CCCN(C(=O)Nc2cccnc2Oc2ccc(F)cc2)C1. The van der Waals surface area contributed by atoms with Gasteiger partial charge in [-0.25, -0.2) is 14.2 Å². The Bertz CT molecular complexity index is 754. The number of hydrogen-bond acceptors (Lipinski definition) is 4. The summed E-state index contributed by atoms with van der Waals surface area (Å²) in [6.45, 7) is 4.03. The molecular weight excluding hydrogens is 349 g/mol. The molecule has 0 radical (unpaired) electrons. The maximum absolute atomic E-state index is 13.0. The standard InChI is InChI=1S/C20H24FN3O3/c1-2-13-26-17-5-4-12-24(14-17)20(25)23-18-6-3-11-22-19(18)27-16-9-7-15(21)8-10-16/h3,6-11,17H,2,4-5,12-14H2,1H3,(H,23,25)/t17-/m1/s1. The van der Waals surface area contributed by atoms with Crippen LogP contribution in [0.4, 0.5) is 14.9 Å². The molecule has 1 aliphatic heterocycles. The average Bonchev–Trinajstić information content (AvgIpc) is 2.70. The van der Waals surface area contributed by atoms with E-state index in [-0.39, 0.29) is 23.8 Å². The highest BCUT2D eigenvalue weighted by Gasteiger charge is 2.24. The number of hydrogen-bond donors (Lipinski definition) is 1. The van der Waals surface area contributed by atoms with Gasteiger partial charge in [0.1, 0.15) is 17.3 Å². The number of nitrogens with zero attached hydrogens (tertiary/aromatic N) is 2. The molecule has 0 aliphatic carbocycles. The predicted molar refractivity (Wildman–Crippen MR) is 101 cm³/mol. The zero-order chi connectivity index (χ0) is 19.1. The monoisotopic (exact) mass is 373 g/mol. The van der Waals surface area contributed by atoms with Gasteiger partial charge in [-0.15, -0.1) is 0 Å². The van der Waals surface area contributed by atoms with Crippen molar-refractivity contribution in [2.75, 3.05) is 25.0 Å². The van der Waals surface area contributed by atoms with Gasteiger partial charge in [0.15, 0.2) is 0 Å². The molecule has 1 aromatic carbocycles. The lowest BCUT2D eigenvalue weighted by Gasteiger charge is -2.32. The third-order valence-corrected chi connectivity index (χ3v) is 4.26. The quantitative estimate of drug-likeness (QED) is 0.813. The minimum atomic E-state index is -0.346. The number of carbonyl (C=O) groups excluding carboxylic acids is 1. The third-order valence-electron chi connectivity index (χ3n) is 4.26. The molecule has 27 heavy (non-hydrogen) atoms. The van der Waals surface area contributed by atoms with Crippen LogP contribution in [0, 0.1) is 5.82 Å². The molecule has 1 fully saturated rings. The summed E-state index contributed by atoms with van der Waals surface area (Å²) in [5.41, 5.74) is 0.462. The molecule has 7 heteroatoms. The number of anilines is 1. The molecule has 2 aromatic rings. The van der Waals surface area contributed by atoms with Gasteiger partial charge >= 0.3 is 6.03 Å². The van der Waals surface area contributed by atoms with E-state index in [9.17, 15) is 9.18 Å². The summed E-state index contributed by atoms with van der Waals surface area (Å²) in [6, 6.07) is 8.86. The second-order valence-corrected chi connectivity index (χ2v) is 6.42. The van der Waals surface area contributed by atoms with Crippen LogP contribution in [0.2, 0.25) is 0 Å². The van der Waals surface area contributed by atoms with Crippen LogP contribution in [0.15, 0.2) is 42.6 Å². The third kappa shape index (κ3) is 5.40. The lowest BCUT2D eigenvalue weighted by atomic mass is 10.1. The minimum Gasteiger partial charge on any atom is -0.437 e. The molecule has 3 rings (SSSR count). The van der Waals surface area contributed by atoms with Crippen molar-refractivity contribution in [2.24, 2.45) is 0 Å². The number of halogens is 1. The van der Waals surface area contributed by atoms with Gasteiger partial charge in [-0.3, -0.25) is 0 Å². The fourth-order valence-electron chi connectivity index (χ4n) is 2.92.